The van der Waals surface area contributed by atoms with E-state index < -0.39 is 18.0 Å². The summed E-state index contributed by atoms with van der Waals surface area (Å²) in [5.41, 5.74) is 6.00. The third kappa shape index (κ3) is 5.26. The van der Waals surface area contributed by atoms with Crippen LogP contribution in [-0.2, 0) is 10.5 Å². The molecule has 0 aliphatic carbocycles. The summed E-state index contributed by atoms with van der Waals surface area (Å²) in [7, 11) is 0. The highest BCUT2D eigenvalue weighted by atomic mass is 32.2. The van der Waals surface area contributed by atoms with Crippen LogP contribution in [0.1, 0.15) is 5.56 Å². The van der Waals surface area contributed by atoms with Gasteiger partial charge in [0.2, 0.25) is 0 Å². The van der Waals surface area contributed by atoms with E-state index in [1.54, 1.807) is 0 Å². The molecule has 17 heavy (non-hydrogen) atoms. The summed E-state index contributed by atoms with van der Waals surface area (Å²) in [6.45, 7) is 0. The van der Waals surface area contributed by atoms with Gasteiger partial charge in [0.25, 0.3) is 0 Å². The maximum absolute atomic E-state index is 10.8. The monoisotopic (exact) mass is 254 g/mol. The highest BCUT2D eigenvalue weighted by molar-refractivity contribution is 7.98. The van der Waals surface area contributed by atoms with Crippen LogP contribution in [0, 0.1) is 0 Å². The van der Waals surface area contributed by atoms with Gasteiger partial charge in [0.1, 0.15) is 6.04 Å². The Morgan fingerprint density at radius 2 is 2.00 bits per heavy atom. The highest BCUT2D eigenvalue weighted by Gasteiger charge is 2.18. The minimum absolute atomic E-state index is 0.285. The number of carboxylic acid groups (broad SMARTS) is 1. The van der Waals surface area contributed by atoms with E-state index in [1.165, 1.54) is 11.8 Å². The Morgan fingerprint density at radius 3 is 2.53 bits per heavy atom. The zero-order valence-electron chi connectivity index (χ0n) is 9.13. The summed E-state index contributed by atoms with van der Waals surface area (Å²) >= 11 is 1.43. The highest BCUT2D eigenvalue weighted by Crippen LogP contribution is 2.12. The third-order valence-electron chi connectivity index (χ3n) is 2.01. The van der Waals surface area contributed by atoms with Crippen molar-refractivity contribution in [3.05, 3.63) is 35.9 Å². The molecule has 0 unspecified atom stereocenters. The standard InChI is InChI=1S/C11H14N2O3S/c12-11(16)13-9(10(14)15)7-17-6-8-4-2-1-3-5-8/h1-5,9H,6-7H2,(H,14,15)(H3,12,13,16)/t9-/m0/s1. The molecular weight excluding hydrogens is 240 g/mol. The van der Waals surface area contributed by atoms with Crippen molar-refractivity contribution >= 4 is 23.8 Å². The van der Waals surface area contributed by atoms with Gasteiger partial charge in [-0.15, -0.1) is 0 Å². The van der Waals surface area contributed by atoms with Crippen molar-refractivity contribution < 1.29 is 14.7 Å². The molecule has 5 nitrogen and oxygen atoms in total. The molecule has 0 fully saturated rings. The molecule has 0 saturated heterocycles. The largest absolute Gasteiger partial charge is 0.480 e. The van der Waals surface area contributed by atoms with Crippen LogP contribution in [0.5, 0.6) is 0 Å². The van der Waals surface area contributed by atoms with E-state index in [2.05, 4.69) is 5.32 Å². The number of rotatable bonds is 6. The number of carbonyl (C=O) groups excluding carboxylic acids is 1. The number of aliphatic carboxylic acids is 1. The van der Waals surface area contributed by atoms with Crippen molar-refractivity contribution in [2.75, 3.05) is 5.75 Å². The van der Waals surface area contributed by atoms with Crippen LogP contribution < -0.4 is 11.1 Å². The minimum Gasteiger partial charge on any atom is -0.480 e. The van der Waals surface area contributed by atoms with E-state index >= 15 is 0 Å². The summed E-state index contributed by atoms with van der Waals surface area (Å²) in [5, 5.41) is 11.0. The zero-order valence-corrected chi connectivity index (χ0v) is 9.94. The number of urea groups is 1. The lowest BCUT2D eigenvalue weighted by Gasteiger charge is -2.12. The van der Waals surface area contributed by atoms with Crippen molar-refractivity contribution in [3.8, 4) is 0 Å². The van der Waals surface area contributed by atoms with E-state index in [1.807, 2.05) is 30.3 Å². The van der Waals surface area contributed by atoms with Crippen LogP contribution in [0.4, 0.5) is 4.79 Å². The molecule has 92 valence electrons. The first-order chi connectivity index (χ1) is 8.09. The predicted octanol–water partition coefficient (Wildman–Crippen LogP) is 1.04. The van der Waals surface area contributed by atoms with E-state index in [9.17, 15) is 9.59 Å². The Balaban J connectivity index is 2.37. The van der Waals surface area contributed by atoms with E-state index in [0.717, 1.165) is 5.56 Å². The first kappa shape index (κ1) is 13.4. The SMILES string of the molecule is NC(=O)N[C@@H](CSCc1ccccc1)C(=O)O. The molecule has 1 rings (SSSR count). The molecule has 0 radical (unpaired) electrons. The zero-order chi connectivity index (χ0) is 12.7. The summed E-state index contributed by atoms with van der Waals surface area (Å²) in [4.78, 5) is 21.4. The Morgan fingerprint density at radius 1 is 1.35 bits per heavy atom. The lowest BCUT2D eigenvalue weighted by atomic mass is 10.2. The molecule has 0 heterocycles. The first-order valence-corrected chi connectivity index (χ1v) is 6.15. The van der Waals surface area contributed by atoms with Gasteiger partial charge in [-0.3, -0.25) is 0 Å². The molecule has 1 aromatic carbocycles. The second-order valence-corrected chi connectivity index (χ2v) is 4.43. The number of hydrogen-bond donors (Lipinski definition) is 3. The third-order valence-corrected chi connectivity index (χ3v) is 3.12. The Labute approximate surface area is 103 Å². The van der Waals surface area contributed by atoms with Crippen LogP contribution in [0.25, 0.3) is 0 Å². The Bertz CT molecular complexity index is 384. The fraction of sp³-hybridized carbons (Fsp3) is 0.273. The normalized spacial score (nSPS) is 11.8. The summed E-state index contributed by atoms with van der Waals surface area (Å²) in [6, 6.07) is 7.93. The maximum atomic E-state index is 10.8. The van der Waals surface area contributed by atoms with Gasteiger partial charge in [-0.2, -0.15) is 11.8 Å². The molecule has 0 spiro atoms. The van der Waals surface area contributed by atoms with Crippen molar-refractivity contribution in [1.29, 1.82) is 0 Å². The van der Waals surface area contributed by atoms with E-state index in [4.69, 9.17) is 10.8 Å². The summed E-state index contributed by atoms with van der Waals surface area (Å²) < 4.78 is 0. The van der Waals surface area contributed by atoms with Crippen molar-refractivity contribution in [2.45, 2.75) is 11.8 Å². The number of carboxylic acids is 1. The van der Waals surface area contributed by atoms with Gasteiger partial charge in [0.05, 0.1) is 0 Å². The van der Waals surface area contributed by atoms with Crippen LogP contribution in [0.15, 0.2) is 30.3 Å². The van der Waals surface area contributed by atoms with Gasteiger partial charge in [0, 0.05) is 11.5 Å². The van der Waals surface area contributed by atoms with Crippen molar-refractivity contribution in [3.63, 3.8) is 0 Å². The quantitative estimate of drug-likeness (QED) is 0.707. The molecule has 0 aliphatic rings. The number of primary amides is 1. The molecule has 0 aromatic heterocycles. The van der Waals surface area contributed by atoms with Crippen LogP contribution >= 0.6 is 11.8 Å². The Hall–Kier alpha value is -1.69. The van der Waals surface area contributed by atoms with Gasteiger partial charge >= 0.3 is 12.0 Å². The summed E-state index contributed by atoms with van der Waals surface area (Å²) in [6.07, 6.45) is 0. The molecule has 6 heteroatoms. The minimum atomic E-state index is -1.08. The topological polar surface area (TPSA) is 92.4 Å². The number of nitrogens with two attached hydrogens (primary N) is 1. The number of nitrogens with one attached hydrogen (secondary N) is 1. The second kappa shape index (κ2) is 6.80. The van der Waals surface area contributed by atoms with E-state index in [-0.39, 0.29) is 5.75 Å². The predicted molar refractivity (Wildman–Crippen MR) is 66.7 cm³/mol. The molecule has 0 bridgehead atoms. The lowest BCUT2D eigenvalue weighted by molar-refractivity contribution is -0.138. The molecule has 1 aromatic rings. The van der Waals surface area contributed by atoms with Gasteiger partial charge in [-0.05, 0) is 5.56 Å². The van der Waals surface area contributed by atoms with Crippen LogP contribution in [0.3, 0.4) is 0 Å². The lowest BCUT2D eigenvalue weighted by Crippen LogP contribution is -2.45. The fourth-order valence-electron chi connectivity index (χ4n) is 1.22. The molecule has 2 amide bonds. The first-order valence-electron chi connectivity index (χ1n) is 5.00. The van der Waals surface area contributed by atoms with Crippen LogP contribution in [0.2, 0.25) is 0 Å². The van der Waals surface area contributed by atoms with Crippen molar-refractivity contribution in [2.24, 2.45) is 5.73 Å². The van der Waals surface area contributed by atoms with Gasteiger partial charge in [0.15, 0.2) is 0 Å². The number of thioether (sulfide) groups is 1. The molecule has 1 atom stereocenters. The maximum Gasteiger partial charge on any atom is 0.327 e. The molecule has 0 saturated carbocycles. The van der Waals surface area contributed by atoms with Gasteiger partial charge in [-0.1, -0.05) is 30.3 Å². The number of amides is 2. The Kier molecular flexibility index (Phi) is 5.35. The number of carbonyl (C=O) groups is 2. The number of benzene rings is 1. The molecule has 0 aliphatic heterocycles. The van der Waals surface area contributed by atoms with Crippen LogP contribution in [-0.4, -0.2) is 28.9 Å². The second-order valence-electron chi connectivity index (χ2n) is 3.40. The average Bonchev–Trinajstić information content (AvgIpc) is 2.28. The summed E-state index contributed by atoms with van der Waals surface area (Å²) in [5.74, 6) is -0.0949. The molecular formula is C11H14N2O3S. The average molecular weight is 254 g/mol. The van der Waals surface area contributed by atoms with Crippen molar-refractivity contribution in [1.82, 2.24) is 5.32 Å². The number of hydrogen-bond acceptors (Lipinski definition) is 3. The molecule has 4 N–H and O–H groups in total. The fourth-order valence-corrected chi connectivity index (χ4v) is 2.22. The van der Waals surface area contributed by atoms with E-state index in [0.29, 0.717) is 5.75 Å². The van der Waals surface area contributed by atoms with Gasteiger partial charge < -0.3 is 16.2 Å². The van der Waals surface area contributed by atoms with Gasteiger partial charge in [-0.25, -0.2) is 9.59 Å². The smallest absolute Gasteiger partial charge is 0.327 e.